The summed E-state index contributed by atoms with van der Waals surface area (Å²) in [6.45, 7) is 1.22. The van der Waals surface area contributed by atoms with Gasteiger partial charge in [0.2, 0.25) is 0 Å². The minimum absolute atomic E-state index is 0.107. The molecule has 78 valence electrons. The van der Waals surface area contributed by atoms with Crippen molar-refractivity contribution in [1.82, 2.24) is 0 Å². The van der Waals surface area contributed by atoms with Crippen LogP contribution >= 0.6 is 11.6 Å². The van der Waals surface area contributed by atoms with Crippen molar-refractivity contribution in [3.8, 4) is 5.75 Å². The Kier molecular flexibility index (Phi) is 3.72. The lowest BCUT2D eigenvalue weighted by atomic mass is 10.0. The second kappa shape index (κ2) is 4.62. The van der Waals surface area contributed by atoms with Crippen molar-refractivity contribution in [3.05, 3.63) is 28.3 Å². The predicted molar refractivity (Wildman–Crippen MR) is 55.4 cm³/mol. The maximum absolute atomic E-state index is 12.1. The van der Waals surface area contributed by atoms with Gasteiger partial charge >= 0.3 is 0 Å². The molecule has 0 unspecified atom stereocenters. The molecule has 0 heterocycles. The van der Waals surface area contributed by atoms with Crippen LogP contribution in [0, 0.1) is 6.92 Å². The Bertz CT molecular complexity index is 330. The number of halogens is 2. The standard InChI is InChI=1S/C10H13ClFNO/c1-6-4-7(11)5-8(10(6)14)9(13)2-3-12/h4-5,9,14H,2-3,13H2,1H3/t9-/m0/s1. The van der Waals surface area contributed by atoms with E-state index in [1.54, 1.807) is 19.1 Å². The average molecular weight is 218 g/mol. The van der Waals surface area contributed by atoms with Gasteiger partial charge in [-0.25, -0.2) is 0 Å². The molecule has 1 aromatic rings. The third kappa shape index (κ3) is 2.36. The van der Waals surface area contributed by atoms with E-state index in [4.69, 9.17) is 17.3 Å². The molecule has 0 fully saturated rings. The molecule has 1 atom stereocenters. The largest absolute Gasteiger partial charge is 0.507 e. The van der Waals surface area contributed by atoms with E-state index in [1.807, 2.05) is 0 Å². The Morgan fingerprint density at radius 2 is 2.21 bits per heavy atom. The number of hydrogen-bond acceptors (Lipinski definition) is 2. The molecular weight excluding hydrogens is 205 g/mol. The Morgan fingerprint density at radius 3 is 2.79 bits per heavy atom. The van der Waals surface area contributed by atoms with Gasteiger partial charge in [0, 0.05) is 16.6 Å². The maximum Gasteiger partial charge on any atom is 0.123 e. The molecule has 0 aromatic heterocycles. The van der Waals surface area contributed by atoms with Crippen molar-refractivity contribution < 1.29 is 9.50 Å². The summed E-state index contributed by atoms with van der Waals surface area (Å²) in [6.07, 6.45) is 0.188. The van der Waals surface area contributed by atoms with Crippen molar-refractivity contribution in [2.75, 3.05) is 6.67 Å². The third-order valence-electron chi connectivity index (χ3n) is 2.11. The van der Waals surface area contributed by atoms with E-state index in [2.05, 4.69) is 0 Å². The summed E-state index contributed by atoms with van der Waals surface area (Å²) >= 11 is 5.81. The number of nitrogens with two attached hydrogens (primary N) is 1. The number of aryl methyl sites for hydroxylation is 1. The first-order chi connectivity index (χ1) is 6.56. The van der Waals surface area contributed by atoms with Crippen LogP contribution in [0.25, 0.3) is 0 Å². The smallest absolute Gasteiger partial charge is 0.123 e. The number of phenolic OH excluding ortho intramolecular Hbond substituents is 1. The van der Waals surface area contributed by atoms with Crippen molar-refractivity contribution in [3.63, 3.8) is 0 Å². The number of rotatable bonds is 3. The first-order valence-corrected chi connectivity index (χ1v) is 4.74. The summed E-state index contributed by atoms with van der Waals surface area (Å²) in [6, 6.07) is 2.71. The molecule has 1 aromatic carbocycles. The molecular formula is C10H13ClFNO. The molecule has 4 heteroatoms. The van der Waals surface area contributed by atoms with E-state index in [0.717, 1.165) is 0 Å². The van der Waals surface area contributed by atoms with Gasteiger partial charge in [-0.2, -0.15) is 0 Å². The zero-order chi connectivity index (χ0) is 10.7. The second-order valence-corrected chi connectivity index (χ2v) is 3.68. The van der Waals surface area contributed by atoms with Gasteiger partial charge in [0.1, 0.15) is 5.75 Å². The molecule has 0 amide bonds. The Balaban J connectivity index is 3.07. The van der Waals surface area contributed by atoms with E-state index in [-0.39, 0.29) is 12.2 Å². The third-order valence-corrected chi connectivity index (χ3v) is 2.33. The van der Waals surface area contributed by atoms with Gasteiger partial charge in [0.15, 0.2) is 0 Å². The van der Waals surface area contributed by atoms with E-state index in [0.29, 0.717) is 16.1 Å². The molecule has 0 spiro atoms. The molecule has 0 aliphatic rings. The fourth-order valence-electron chi connectivity index (χ4n) is 1.32. The molecule has 2 nitrogen and oxygen atoms in total. The highest BCUT2D eigenvalue weighted by atomic mass is 35.5. The first-order valence-electron chi connectivity index (χ1n) is 4.36. The minimum atomic E-state index is -0.508. The summed E-state index contributed by atoms with van der Waals surface area (Å²) in [5, 5.41) is 10.2. The molecule has 1 rings (SSSR count). The van der Waals surface area contributed by atoms with E-state index >= 15 is 0 Å². The predicted octanol–water partition coefficient (Wildman–Crippen LogP) is 2.71. The quantitative estimate of drug-likeness (QED) is 0.818. The van der Waals surface area contributed by atoms with Crippen LogP contribution in [0.1, 0.15) is 23.6 Å². The monoisotopic (exact) mass is 217 g/mol. The van der Waals surface area contributed by atoms with Crippen LogP contribution < -0.4 is 5.73 Å². The summed E-state index contributed by atoms with van der Waals surface area (Å²) in [4.78, 5) is 0. The fourth-order valence-corrected chi connectivity index (χ4v) is 1.60. The topological polar surface area (TPSA) is 46.2 Å². The highest BCUT2D eigenvalue weighted by molar-refractivity contribution is 6.30. The van der Waals surface area contributed by atoms with Gasteiger partial charge in [-0.1, -0.05) is 11.6 Å². The van der Waals surface area contributed by atoms with Crippen molar-refractivity contribution in [2.24, 2.45) is 5.73 Å². The lowest BCUT2D eigenvalue weighted by Gasteiger charge is -2.13. The summed E-state index contributed by atoms with van der Waals surface area (Å²) in [5.74, 6) is 0.107. The second-order valence-electron chi connectivity index (χ2n) is 3.24. The Morgan fingerprint density at radius 1 is 1.57 bits per heavy atom. The number of aromatic hydroxyl groups is 1. The molecule has 3 N–H and O–H groups in total. The number of benzene rings is 1. The highest BCUT2D eigenvalue weighted by Gasteiger charge is 2.13. The van der Waals surface area contributed by atoms with E-state index < -0.39 is 12.7 Å². The molecule has 0 bridgehead atoms. The van der Waals surface area contributed by atoms with Crippen LogP contribution in [0.3, 0.4) is 0 Å². The SMILES string of the molecule is Cc1cc(Cl)cc([C@@H](N)CCF)c1O. The first kappa shape index (κ1) is 11.3. The van der Waals surface area contributed by atoms with Gasteiger partial charge in [-0.15, -0.1) is 0 Å². The van der Waals surface area contributed by atoms with E-state index in [1.165, 1.54) is 0 Å². The van der Waals surface area contributed by atoms with E-state index in [9.17, 15) is 9.50 Å². The zero-order valence-corrected chi connectivity index (χ0v) is 8.68. The molecule has 0 saturated carbocycles. The molecule has 0 saturated heterocycles. The van der Waals surface area contributed by atoms with Crippen LogP contribution in [0.15, 0.2) is 12.1 Å². The van der Waals surface area contributed by atoms with Gasteiger partial charge in [-0.3, -0.25) is 4.39 Å². The Labute approximate surface area is 87.5 Å². The van der Waals surface area contributed by atoms with Crippen LogP contribution in [0.2, 0.25) is 5.02 Å². The van der Waals surface area contributed by atoms with Gasteiger partial charge in [0.05, 0.1) is 6.67 Å². The molecule has 14 heavy (non-hydrogen) atoms. The highest BCUT2D eigenvalue weighted by Crippen LogP contribution is 2.31. The van der Waals surface area contributed by atoms with Gasteiger partial charge in [-0.05, 0) is 31.0 Å². The van der Waals surface area contributed by atoms with Gasteiger partial charge in [0.25, 0.3) is 0 Å². The van der Waals surface area contributed by atoms with Gasteiger partial charge < -0.3 is 10.8 Å². The summed E-state index contributed by atoms with van der Waals surface area (Å²) < 4.78 is 12.1. The fraction of sp³-hybridized carbons (Fsp3) is 0.400. The van der Waals surface area contributed by atoms with Crippen LogP contribution in [-0.2, 0) is 0 Å². The van der Waals surface area contributed by atoms with Crippen LogP contribution in [0.5, 0.6) is 5.75 Å². The number of hydrogen-bond donors (Lipinski definition) is 2. The lowest BCUT2D eigenvalue weighted by molar-refractivity contribution is 0.423. The van der Waals surface area contributed by atoms with Crippen LogP contribution in [0.4, 0.5) is 4.39 Å². The number of phenols is 1. The normalized spacial score (nSPS) is 12.9. The minimum Gasteiger partial charge on any atom is -0.507 e. The van der Waals surface area contributed by atoms with Crippen molar-refractivity contribution in [1.29, 1.82) is 0 Å². The lowest BCUT2D eigenvalue weighted by Crippen LogP contribution is -2.11. The maximum atomic E-state index is 12.1. The van der Waals surface area contributed by atoms with Crippen molar-refractivity contribution in [2.45, 2.75) is 19.4 Å². The Hall–Kier alpha value is -0.800. The number of alkyl halides is 1. The average Bonchev–Trinajstić information content (AvgIpc) is 2.11. The summed E-state index contributed by atoms with van der Waals surface area (Å²) in [5.41, 5.74) is 6.85. The molecule has 0 aliphatic heterocycles. The van der Waals surface area contributed by atoms with Crippen LogP contribution in [-0.4, -0.2) is 11.8 Å². The van der Waals surface area contributed by atoms with Crippen molar-refractivity contribution >= 4 is 11.6 Å². The molecule has 0 radical (unpaired) electrons. The zero-order valence-electron chi connectivity index (χ0n) is 7.93. The molecule has 0 aliphatic carbocycles. The summed E-state index contributed by atoms with van der Waals surface area (Å²) in [7, 11) is 0.